The molecule has 0 saturated carbocycles. The van der Waals surface area contributed by atoms with Crippen molar-refractivity contribution in [3.8, 4) is 11.3 Å². The molecule has 0 amide bonds. The Kier molecular flexibility index (Phi) is 5.54. The van der Waals surface area contributed by atoms with E-state index in [1.165, 1.54) is 6.08 Å². The summed E-state index contributed by atoms with van der Waals surface area (Å²) in [6.45, 7) is 7.20. The molecule has 3 rings (SSSR count). The van der Waals surface area contributed by atoms with E-state index in [-0.39, 0.29) is 6.54 Å². The van der Waals surface area contributed by atoms with Crippen molar-refractivity contribution in [3.05, 3.63) is 53.9 Å². The van der Waals surface area contributed by atoms with E-state index in [2.05, 4.69) is 5.10 Å². The lowest BCUT2D eigenvalue weighted by Crippen LogP contribution is -2.41. The normalized spacial score (nSPS) is 18.9. The van der Waals surface area contributed by atoms with Crippen LogP contribution in [0.25, 0.3) is 11.3 Å². The molecule has 0 unspecified atom stereocenters. The first kappa shape index (κ1) is 19.8. The molecular weight excluding hydrogens is 349 g/mol. The number of aryl methyl sites for hydroxylation is 1. The van der Waals surface area contributed by atoms with Crippen molar-refractivity contribution in [3.63, 3.8) is 0 Å². The lowest BCUT2D eigenvalue weighted by Gasteiger charge is -2.32. The lowest BCUT2D eigenvalue weighted by molar-refractivity contribution is 0.00578. The first-order chi connectivity index (χ1) is 12.7. The lowest BCUT2D eigenvalue weighted by atomic mass is 9.87. The molecule has 1 saturated heterocycles. The smallest absolute Gasteiger partial charge is 0.398 e. The highest BCUT2D eigenvalue weighted by Gasteiger charge is 2.52. The second-order valence-corrected chi connectivity index (χ2v) is 7.70. The van der Waals surface area contributed by atoms with E-state index in [0.29, 0.717) is 6.42 Å². The quantitative estimate of drug-likeness (QED) is 0.697. The van der Waals surface area contributed by atoms with Crippen LogP contribution in [0.15, 0.2) is 48.3 Å². The number of hydrogen-bond acceptors (Lipinski definition) is 3. The van der Waals surface area contributed by atoms with Crippen LogP contribution in [0.5, 0.6) is 0 Å². The second-order valence-electron chi connectivity index (χ2n) is 7.70. The topological polar surface area (TPSA) is 36.3 Å². The van der Waals surface area contributed by atoms with Crippen molar-refractivity contribution >= 4 is 7.12 Å². The van der Waals surface area contributed by atoms with Crippen molar-refractivity contribution in [2.75, 3.05) is 6.67 Å². The Morgan fingerprint density at radius 1 is 1.15 bits per heavy atom. The average Bonchev–Trinajstić information content (AvgIpc) is 3.11. The van der Waals surface area contributed by atoms with Gasteiger partial charge in [0.15, 0.2) is 0 Å². The van der Waals surface area contributed by atoms with Gasteiger partial charge in [-0.3, -0.25) is 4.68 Å². The molecule has 27 heavy (non-hydrogen) atoms. The Balaban J connectivity index is 1.82. The van der Waals surface area contributed by atoms with Gasteiger partial charge in [-0.15, -0.1) is 0 Å². The third-order valence-electron chi connectivity index (χ3n) is 5.19. The molecule has 1 aromatic carbocycles. The summed E-state index contributed by atoms with van der Waals surface area (Å²) in [6.07, 6.45) is 3.52. The van der Waals surface area contributed by atoms with Crippen LogP contribution in [0.1, 0.15) is 33.3 Å². The van der Waals surface area contributed by atoms with Crippen LogP contribution < -0.4 is 0 Å². The number of allylic oxidation sites excluding steroid dienone is 1. The standard InChI is InChI=1S/C20H25BF2N2O2/c1-19(2)20(3,4)27-21(26-19)17(23)11-10-16-14-25(13-12-22)24-18(16)15-8-6-5-7-9-15/h5-9,11,14H,10,12-13H2,1-4H3. The minimum Gasteiger partial charge on any atom is -0.398 e. The Bertz CT molecular complexity index is 803. The van der Waals surface area contributed by atoms with Crippen molar-refractivity contribution in [1.82, 2.24) is 9.78 Å². The number of halogens is 2. The molecule has 1 fully saturated rings. The molecule has 7 heteroatoms. The summed E-state index contributed by atoms with van der Waals surface area (Å²) >= 11 is 0. The summed E-state index contributed by atoms with van der Waals surface area (Å²) in [5.41, 5.74) is 0.803. The van der Waals surface area contributed by atoms with Gasteiger partial charge >= 0.3 is 7.12 Å². The summed E-state index contributed by atoms with van der Waals surface area (Å²) in [5.74, 6) is 0. The van der Waals surface area contributed by atoms with Crippen LogP contribution in [-0.4, -0.2) is 34.8 Å². The van der Waals surface area contributed by atoms with Crippen LogP contribution in [0.2, 0.25) is 0 Å². The van der Waals surface area contributed by atoms with E-state index < -0.39 is 30.7 Å². The first-order valence-electron chi connectivity index (χ1n) is 9.12. The molecule has 0 N–H and O–H groups in total. The molecule has 4 nitrogen and oxygen atoms in total. The monoisotopic (exact) mass is 374 g/mol. The largest absolute Gasteiger partial charge is 0.524 e. The predicted octanol–water partition coefficient (Wildman–Crippen LogP) is 4.55. The zero-order chi connectivity index (χ0) is 19.7. The Hall–Kier alpha value is -1.99. The highest BCUT2D eigenvalue weighted by Crippen LogP contribution is 2.38. The summed E-state index contributed by atoms with van der Waals surface area (Å²) in [7, 11) is -1.02. The Morgan fingerprint density at radius 2 is 1.78 bits per heavy atom. The molecule has 144 valence electrons. The molecule has 0 atom stereocenters. The zero-order valence-corrected chi connectivity index (χ0v) is 16.2. The van der Waals surface area contributed by atoms with Gasteiger partial charge in [0.1, 0.15) is 12.4 Å². The van der Waals surface area contributed by atoms with Gasteiger partial charge in [0, 0.05) is 17.3 Å². The molecule has 2 aromatic rings. The highest BCUT2D eigenvalue weighted by molar-refractivity contribution is 6.53. The van der Waals surface area contributed by atoms with E-state index in [4.69, 9.17) is 9.31 Å². The van der Waals surface area contributed by atoms with Crippen LogP contribution in [-0.2, 0) is 22.3 Å². The molecule has 0 bridgehead atoms. The van der Waals surface area contributed by atoms with Gasteiger partial charge in [0.05, 0.1) is 23.4 Å². The van der Waals surface area contributed by atoms with Gasteiger partial charge in [-0.05, 0) is 34.1 Å². The fourth-order valence-corrected chi connectivity index (χ4v) is 2.91. The molecule has 2 heterocycles. The van der Waals surface area contributed by atoms with Gasteiger partial charge in [-0.1, -0.05) is 36.4 Å². The fourth-order valence-electron chi connectivity index (χ4n) is 2.91. The van der Waals surface area contributed by atoms with Crippen molar-refractivity contribution in [2.45, 2.75) is 51.9 Å². The van der Waals surface area contributed by atoms with Crippen molar-refractivity contribution in [2.24, 2.45) is 0 Å². The van der Waals surface area contributed by atoms with E-state index in [1.54, 1.807) is 10.9 Å². The van der Waals surface area contributed by atoms with E-state index >= 15 is 0 Å². The minimum atomic E-state index is -1.02. The van der Waals surface area contributed by atoms with E-state index in [1.807, 2.05) is 58.0 Å². The maximum atomic E-state index is 14.7. The van der Waals surface area contributed by atoms with Crippen LogP contribution >= 0.6 is 0 Å². The third kappa shape index (κ3) is 4.14. The summed E-state index contributed by atoms with van der Waals surface area (Å²) < 4.78 is 40.4. The van der Waals surface area contributed by atoms with E-state index in [0.717, 1.165) is 16.8 Å². The number of alkyl halides is 1. The Labute approximate surface area is 159 Å². The maximum absolute atomic E-state index is 14.7. The van der Waals surface area contributed by atoms with Crippen LogP contribution in [0, 0.1) is 0 Å². The Morgan fingerprint density at radius 3 is 2.37 bits per heavy atom. The van der Waals surface area contributed by atoms with Crippen LogP contribution in [0.3, 0.4) is 0 Å². The van der Waals surface area contributed by atoms with Gasteiger partial charge in [-0.2, -0.15) is 5.10 Å². The zero-order valence-electron chi connectivity index (χ0n) is 16.2. The molecule has 0 spiro atoms. The van der Waals surface area contributed by atoms with Crippen molar-refractivity contribution < 1.29 is 18.1 Å². The SMILES string of the molecule is CC1(C)OB(C(F)=CCc2cn(CCF)nc2-c2ccccc2)OC1(C)C. The third-order valence-corrected chi connectivity index (χ3v) is 5.19. The maximum Gasteiger partial charge on any atom is 0.524 e. The number of benzene rings is 1. The molecule has 0 aliphatic carbocycles. The number of nitrogens with zero attached hydrogens (tertiary/aromatic N) is 2. The molecule has 1 aliphatic heterocycles. The van der Waals surface area contributed by atoms with Gasteiger partial charge in [0.25, 0.3) is 0 Å². The average molecular weight is 374 g/mol. The van der Waals surface area contributed by atoms with Gasteiger partial charge in [0.2, 0.25) is 0 Å². The number of aromatic nitrogens is 2. The van der Waals surface area contributed by atoms with Crippen molar-refractivity contribution in [1.29, 1.82) is 0 Å². The predicted molar refractivity (Wildman–Crippen MR) is 103 cm³/mol. The first-order valence-corrected chi connectivity index (χ1v) is 9.12. The summed E-state index contributed by atoms with van der Waals surface area (Å²) in [5, 5.41) is 4.45. The van der Waals surface area contributed by atoms with E-state index in [9.17, 15) is 8.78 Å². The van der Waals surface area contributed by atoms with Crippen LogP contribution in [0.4, 0.5) is 8.78 Å². The van der Waals surface area contributed by atoms with Gasteiger partial charge in [-0.25, -0.2) is 8.78 Å². The highest BCUT2D eigenvalue weighted by atomic mass is 19.1. The summed E-state index contributed by atoms with van der Waals surface area (Å²) in [4.78, 5) is 0. The fraction of sp³-hybridized carbons (Fsp3) is 0.450. The molecule has 1 aliphatic rings. The molecular formula is C20H25BF2N2O2. The second kappa shape index (κ2) is 7.56. The molecule has 1 aromatic heterocycles. The molecule has 0 radical (unpaired) electrons. The number of hydrogen-bond donors (Lipinski definition) is 0. The van der Waals surface area contributed by atoms with Gasteiger partial charge < -0.3 is 9.31 Å². The summed E-state index contributed by atoms with van der Waals surface area (Å²) in [6, 6.07) is 9.60. The minimum absolute atomic E-state index is 0.170. The number of rotatable bonds is 6.